The van der Waals surface area contributed by atoms with Gasteiger partial charge in [-0.3, -0.25) is 9.59 Å². The highest BCUT2D eigenvalue weighted by Crippen LogP contribution is 2.17. The van der Waals surface area contributed by atoms with Gasteiger partial charge in [-0.1, -0.05) is 29.5 Å². The van der Waals surface area contributed by atoms with Gasteiger partial charge in [-0.05, 0) is 55.7 Å². The molecule has 1 heterocycles. The lowest BCUT2D eigenvalue weighted by atomic mass is 10.1. The quantitative estimate of drug-likeness (QED) is 0.672. The molecule has 0 unspecified atom stereocenters. The Labute approximate surface area is 167 Å². The molecule has 0 aliphatic rings. The van der Waals surface area contributed by atoms with Crippen molar-refractivity contribution >= 4 is 17.5 Å². The van der Waals surface area contributed by atoms with Crippen molar-refractivity contribution < 1.29 is 14.0 Å². The minimum Gasteiger partial charge on any atom is -0.350 e. The number of aromatic nitrogens is 3. The number of benzene rings is 2. The topological polar surface area (TPSA) is 88.9 Å². The van der Waals surface area contributed by atoms with Gasteiger partial charge in [0.2, 0.25) is 5.91 Å². The standard InChI is InChI=1S/C21H22FN5O2/c1-13-4-5-14(2)18(10-13)24-21(29)20-15(3)27(26-25-20)12-19(28)23-11-16-6-8-17(22)9-7-16/h4-10H,11-12H2,1-3H3,(H,23,28)(H,24,29). The molecule has 0 spiro atoms. The van der Waals surface area contributed by atoms with Crippen molar-refractivity contribution in [3.63, 3.8) is 0 Å². The molecule has 0 fully saturated rings. The summed E-state index contributed by atoms with van der Waals surface area (Å²) in [7, 11) is 0. The second-order valence-electron chi connectivity index (χ2n) is 6.86. The molecule has 0 aliphatic heterocycles. The van der Waals surface area contributed by atoms with Gasteiger partial charge >= 0.3 is 0 Å². The van der Waals surface area contributed by atoms with Gasteiger partial charge in [0.05, 0.1) is 5.69 Å². The van der Waals surface area contributed by atoms with Crippen molar-refractivity contribution in [3.8, 4) is 0 Å². The summed E-state index contributed by atoms with van der Waals surface area (Å²) in [6.45, 7) is 5.74. The monoisotopic (exact) mass is 395 g/mol. The molecular weight excluding hydrogens is 373 g/mol. The van der Waals surface area contributed by atoms with E-state index in [9.17, 15) is 14.0 Å². The van der Waals surface area contributed by atoms with E-state index in [1.54, 1.807) is 19.1 Å². The van der Waals surface area contributed by atoms with Crippen LogP contribution in [0.3, 0.4) is 0 Å². The van der Waals surface area contributed by atoms with E-state index in [1.165, 1.54) is 16.8 Å². The highest BCUT2D eigenvalue weighted by atomic mass is 19.1. The van der Waals surface area contributed by atoms with E-state index >= 15 is 0 Å². The molecule has 3 rings (SSSR count). The Morgan fingerprint density at radius 3 is 2.52 bits per heavy atom. The first kappa shape index (κ1) is 20.2. The zero-order chi connectivity index (χ0) is 21.0. The van der Waals surface area contributed by atoms with E-state index in [-0.39, 0.29) is 36.4 Å². The molecule has 150 valence electrons. The van der Waals surface area contributed by atoms with Gasteiger partial charge in [0, 0.05) is 12.2 Å². The summed E-state index contributed by atoms with van der Waals surface area (Å²) in [6.07, 6.45) is 0. The Morgan fingerprint density at radius 2 is 1.79 bits per heavy atom. The first-order valence-electron chi connectivity index (χ1n) is 9.13. The number of rotatable bonds is 6. The van der Waals surface area contributed by atoms with Crippen LogP contribution in [-0.4, -0.2) is 26.8 Å². The molecule has 2 amide bonds. The third-order valence-electron chi connectivity index (χ3n) is 4.54. The van der Waals surface area contributed by atoms with Crippen LogP contribution in [0.4, 0.5) is 10.1 Å². The number of anilines is 1. The van der Waals surface area contributed by atoms with E-state index in [4.69, 9.17) is 0 Å². The molecule has 8 heteroatoms. The fraction of sp³-hybridized carbons (Fsp3) is 0.238. The Hall–Kier alpha value is -3.55. The average molecular weight is 395 g/mol. The van der Waals surface area contributed by atoms with Crippen molar-refractivity contribution in [2.45, 2.75) is 33.9 Å². The number of hydrogen-bond donors (Lipinski definition) is 2. The van der Waals surface area contributed by atoms with Crippen LogP contribution in [0.2, 0.25) is 0 Å². The average Bonchev–Trinajstić information content (AvgIpc) is 3.04. The minimum atomic E-state index is -0.380. The number of carbonyl (C=O) groups excluding carboxylic acids is 2. The summed E-state index contributed by atoms with van der Waals surface area (Å²) < 4.78 is 14.3. The fourth-order valence-corrected chi connectivity index (χ4v) is 2.77. The molecule has 0 aliphatic carbocycles. The largest absolute Gasteiger partial charge is 0.350 e. The van der Waals surface area contributed by atoms with E-state index in [1.807, 2.05) is 32.0 Å². The predicted molar refractivity (Wildman–Crippen MR) is 107 cm³/mol. The molecule has 2 aromatic carbocycles. The Bertz CT molecular complexity index is 1040. The summed E-state index contributed by atoms with van der Waals surface area (Å²) in [5.41, 5.74) is 4.12. The van der Waals surface area contributed by atoms with Crippen molar-refractivity contribution in [1.82, 2.24) is 20.3 Å². The second-order valence-corrected chi connectivity index (χ2v) is 6.86. The second kappa shape index (κ2) is 8.64. The zero-order valence-electron chi connectivity index (χ0n) is 16.5. The molecule has 7 nitrogen and oxygen atoms in total. The SMILES string of the molecule is Cc1ccc(C)c(NC(=O)c2nnn(CC(=O)NCc3ccc(F)cc3)c2C)c1. The summed E-state index contributed by atoms with van der Waals surface area (Å²) in [5, 5.41) is 13.4. The summed E-state index contributed by atoms with van der Waals surface area (Å²) in [5.74, 6) is -0.997. The van der Waals surface area contributed by atoms with Gasteiger partial charge in [-0.25, -0.2) is 9.07 Å². The third kappa shape index (κ3) is 5.04. The smallest absolute Gasteiger partial charge is 0.278 e. The normalized spacial score (nSPS) is 10.6. The molecule has 3 aromatic rings. The highest BCUT2D eigenvalue weighted by molar-refractivity contribution is 6.04. The van der Waals surface area contributed by atoms with Gasteiger partial charge < -0.3 is 10.6 Å². The van der Waals surface area contributed by atoms with Crippen LogP contribution in [0.5, 0.6) is 0 Å². The highest BCUT2D eigenvalue weighted by Gasteiger charge is 2.18. The van der Waals surface area contributed by atoms with Crippen molar-refractivity contribution in [2.24, 2.45) is 0 Å². The van der Waals surface area contributed by atoms with Crippen LogP contribution in [0.15, 0.2) is 42.5 Å². The number of nitrogens with zero attached hydrogens (tertiary/aromatic N) is 3. The van der Waals surface area contributed by atoms with Crippen LogP contribution in [0.25, 0.3) is 0 Å². The number of halogens is 1. The first-order valence-corrected chi connectivity index (χ1v) is 9.13. The maximum Gasteiger partial charge on any atom is 0.278 e. The molecule has 1 aromatic heterocycles. The fourth-order valence-electron chi connectivity index (χ4n) is 2.77. The lowest BCUT2D eigenvalue weighted by Gasteiger charge is -2.09. The van der Waals surface area contributed by atoms with Gasteiger partial charge in [-0.2, -0.15) is 0 Å². The van der Waals surface area contributed by atoms with Crippen LogP contribution < -0.4 is 10.6 Å². The molecule has 0 saturated carbocycles. The van der Waals surface area contributed by atoms with Gasteiger partial charge in [0.1, 0.15) is 12.4 Å². The molecule has 0 bridgehead atoms. The summed E-state index contributed by atoms with van der Waals surface area (Å²) in [4.78, 5) is 24.8. The molecule has 29 heavy (non-hydrogen) atoms. The van der Waals surface area contributed by atoms with Gasteiger partial charge in [-0.15, -0.1) is 5.10 Å². The Kier molecular flexibility index (Phi) is 6.01. The number of carbonyl (C=O) groups is 2. The van der Waals surface area contributed by atoms with Crippen molar-refractivity contribution in [3.05, 3.63) is 76.4 Å². The molecule has 0 radical (unpaired) electrons. The Balaban J connectivity index is 1.62. The van der Waals surface area contributed by atoms with Crippen LogP contribution >= 0.6 is 0 Å². The van der Waals surface area contributed by atoms with E-state index in [2.05, 4.69) is 20.9 Å². The maximum atomic E-state index is 12.9. The third-order valence-corrected chi connectivity index (χ3v) is 4.54. The summed E-state index contributed by atoms with van der Waals surface area (Å²) in [6, 6.07) is 11.7. The van der Waals surface area contributed by atoms with Gasteiger partial charge in [0.25, 0.3) is 5.91 Å². The number of amides is 2. The minimum absolute atomic E-state index is 0.0726. The number of aryl methyl sites for hydroxylation is 2. The van der Waals surface area contributed by atoms with Gasteiger partial charge in [0.15, 0.2) is 5.69 Å². The first-order chi connectivity index (χ1) is 13.8. The van der Waals surface area contributed by atoms with Crippen LogP contribution in [-0.2, 0) is 17.9 Å². The number of hydrogen-bond acceptors (Lipinski definition) is 4. The molecular formula is C21H22FN5O2. The molecule has 0 saturated heterocycles. The zero-order valence-corrected chi connectivity index (χ0v) is 16.5. The predicted octanol–water partition coefficient (Wildman–Crippen LogP) is 2.91. The van der Waals surface area contributed by atoms with E-state index in [0.717, 1.165) is 16.7 Å². The lowest BCUT2D eigenvalue weighted by molar-refractivity contribution is -0.122. The lowest BCUT2D eigenvalue weighted by Crippen LogP contribution is -2.28. The molecule has 0 atom stereocenters. The molecule has 2 N–H and O–H groups in total. The maximum absolute atomic E-state index is 12.9. The number of nitrogens with one attached hydrogen (secondary N) is 2. The summed E-state index contributed by atoms with van der Waals surface area (Å²) >= 11 is 0. The van der Waals surface area contributed by atoms with Crippen LogP contribution in [0.1, 0.15) is 32.9 Å². The van der Waals surface area contributed by atoms with E-state index in [0.29, 0.717) is 11.4 Å². The Morgan fingerprint density at radius 1 is 1.07 bits per heavy atom. The van der Waals surface area contributed by atoms with Crippen LogP contribution in [0, 0.1) is 26.6 Å². The van der Waals surface area contributed by atoms with E-state index < -0.39 is 0 Å². The van der Waals surface area contributed by atoms with Crippen molar-refractivity contribution in [2.75, 3.05) is 5.32 Å². The van der Waals surface area contributed by atoms with Crippen molar-refractivity contribution in [1.29, 1.82) is 0 Å².